The first-order valence-electron chi connectivity index (χ1n) is 5.26. The Bertz CT molecular complexity index is 331. The van der Waals surface area contributed by atoms with Gasteiger partial charge in [-0.1, -0.05) is 29.8 Å². The van der Waals surface area contributed by atoms with Crippen LogP contribution < -0.4 is 10.5 Å². The topological polar surface area (TPSA) is 35.2 Å². The number of ether oxygens (including phenoxy) is 1. The van der Waals surface area contributed by atoms with Crippen LogP contribution in [-0.4, -0.2) is 13.7 Å². The summed E-state index contributed by atoms with van der Waals surface area (Å²) in [7, 11) is 1.71. The summed E-state index contributed by atoms with van der Waals surface area (Å²) in [5.41, 5.74) is 7.90. The number of hydrogen-bond donors (Lipinski definition) is 1. The van der Waals surface area contributed by atoms with Crippen molar-refractivity contribution in [3.05, 3.63) is 41.5 Å². The van der Waals surface area contributed by atoms with Gasteiger partial charge < -0.3 is 10.5 Å². The molecule has 0 aliphatic carbocycles. The zero-order valence-corrected chi connectivity index (χ0v) is 9.49. The van der Waals surface area contributed by atoms with Crippen LogP contribution in [0.5, 0.6) is 5.75 Å². The molecule has 0 saturated heterocycles. The molecule has 2 nitrogen and oxygen atoms in total. The third-order valence-corrected chi connectivity index (χ3v) is 2.27. The van der Waals surface area contributed by atoms with Crippen LogP contribution in [0.15, 0.2) is 30.4 Å². The normalized spacial score (nSPS) is 10.9. The number of benzene rings is 1. The maximum absolute atomic E-state index is 5.41. The molecule has 1 rings (SSSR count). The third kappa shape index (κ3) is 3.76. The Balaban J connectivity index is 2.69. The number of hydrogen-bond acceptors (Lipinski definition) is 2. The molecule has 82 valence electrons. The van der Waals surface area contributed by atoms with Crippen LogP contribution in [0.3, 0.4) is 0 Å². The van der Waals surface area contributed by atoms with Gasteiger partial charge in [-0.05, 0) is 37.9 Å². The highest BCUT2D eigenvalue weighted by atomic mass is 16.5. The molecule has 0 aliphatic heterocycles. The van der Waals surface area contributed by atoms with E-state index in [2.05, 4.69) is 31.2 Å². The standard InChI is InChI=1S/C13H19NO/c1-11-7-8-13(15-2)12(10-11)6-4-3-5-9-14/h3-4,7-8,10H,5-6,9,14H2,1-2H3. The number of rotatable bonds is 5. The minimum absolute atomic E-state index is 0.710. The highest BCUT2D eigenvalue weighted by Crippen LogP contribution is 2.20. The Morgan fingerprint density at radius 2 is 2.13 bits per heavy atom. The summed E-state index contributed by atoms with van der Waals surface area (Å²) in [4.78, 5) is 0. The van der Waals surface area contributed by atoms with Crippen molar-refractivity contribution in [3.8, 4) is 5.75 Å². The molecule has 1 aromatic rings. The van der Waals surface area contributed by atoms with Crippen LogP contribution in [0.1, 0.15) is 17.5 Å². The predicted octanol–water partition coefficient (Wildman–Crippen LogP) is 2.45. The lowest BCUT2D eigenvalue weighted by molar-refractivity contribution is 0.410. The second-order valence-corrected chi connectivity index (χ2v) is 3.57. The number of allylic oxidation sites excluding steroid dienone is 1. The summed E-state index contributed by atoms with van der Waals surface area (Å²) in [5.74, 6) is 0.956. The Labute approximate surface area is 91.7 Å². The monoisotopic (exact) mass is 205 g/mol. The van der Waals surface area contributed by atoms with E-state index in [1.807, 2.05) is 6.07 Å². The first-order valence-corrected chi connectivity index (χ1v) is 5.26. The van der Waals surface area contributed by atoms with Gasteiger partial charge in [-0.3, -0.25) is 0 Å². The summed E-state index contributed by atoms with van der Waals surface area (Å²) in [6.07, 6.45) is 6.10. The zero-order chi connectivity index (χ0) is 11.1. The smallest absolute Gasteiger partial charge is 0.122 e. The number of nitrogens with two attached hydrogens (primary N) is 1. The van der Waals surface area contributed by atoms with Gasteiger partial charge >= 0.3 is 0 Å². The number of aryl methyl sites for hydroxylation is 1. The average molecular weight is 205 g/mol. The van der Waals surface area contributed by atoms with Crippen molar-refractivity contribution >= 4 is 0 Å². The second kappa shape index (κ2) is 6.25. The summed E-state index contributed by atoms with van der Waals surface area (Å²) in [6, 6.07) is 6.24. The zero-order valence-electron chi connectivity index (χ0n) is 9.49. The molecule has 15 heavy (non-hydrogen) atoms. The molecule has 0 bridgehead atoms. The molecule has 0 aromatic heterocycles. The average Bonchev–Trinajstić information content (AvgIpc) is 2.25. The SMILES string of the molecule is COc1ccc(C)cc1CC=CCCN. The van der Waals surface area contributed by atoms with Crippen LogP contribution in [0.4, 0.5) is 0 Å². The molecule has 1 aromatic carbocycles. The number of methoxy groups -OCH3 is 1. The van der Waals surface area contributed by atoms with E-state index in [4.69, 9.17) is 10.5 Å². The van der Waals surface area contributed by atoms with Crippen LogP contribution in [0.25, 0.3) is 0 Å². The van der Waals surface area contributed by atoms with Crippen LogP contribution in [-0.2, 0) is 6.42 Å². The van der Waals surface area contributed by atoms with Gasteiger partial charge in [0.25, 0.3) is 0 Å². The van der Waals surface area contributed by atoms with Crippen molar-refractivity contribution in [2.24, 2.45) is 5.73 Å². The Kier molecular flexibility index (Phi) is 4.91. The van der Waals surface area contributed by atoms with E-state index in [-0.39, 0.29) is 0 Å². The quantitative estimate of drug-likeness (QED) is 0.749. The summed E-state index contributed by atoms with van der Waals surface area (Å²) in [5, 5.41) is 0. The van der Waals surface area contributed by atoms with Crippen LogP contribution in [0, 0.1) is 6.92 Å². The fraction of sp³-hybridized carbons (Fsp3) is 0.385. The second-order valence-electron chi connectivity index (χ2n) is 3.57. The maximum atomic E-state index is 5.41. The lowest BCUT2D eigenvalue weighted by atomic mass is 10.1. The van der Waals surface area contributed by atoms with Gasteiger partial charge in [0.2, 0.25) is 0 Å². The molecular weight excluding hydrogens is 186 g/mol. The molecule has 0 amide bonds. The molecule has 0 fully saturated rings. The van der Waals surface area contributed by atoms with E-state index in [0.717, 1.165) is 18.6 Å². The minimum atomic E-state index is 0.710. The van der Waals surface area contributed by atoms with Gasteiger partial charge in [0.05, 0.1) is 7.11 Å². The Morgan fingerprint density at radius 1 is 1.33 bits per heavy atom. The molecule has 2 N–H and O–H groups in total. The lowest BCUT2D eigenvalue weighted by Crippen LogP contribution is -1.95. The summed E-state index contributed by atoms with van der Waals surface area (Å²) < 4.78 is 5.30. The van der Waals surface area contributed by atoms with Crippen molar-refractivity contribution in [1.82, 2.24) is 0 Å². The molecule has 0 saturated carbocycles. The van der Waals surface area contributed by atoms with Crippen LogP contribution in [0.2, 0.25) is 0 Å². The molecule has 2 heteroatoms. The first kappa shape index (κ1) is 11.8. The summed E-state index contributed by atoms with van der Waals surface area (Å²) >= 11 is 0. The summed E-state index contributed by atoms with van der Waals surface area (Å²) in [6.45, 7) is 2.80. The van der Waals surface area contributed by atoms with Crippen molar-refractivity contribution in [3.63, 3.8) is 0 Å². The molecule has 0 atom stereocenters. The predicted molar refractivity (Wildman–Crippen MR) is 64.2 cm³/mol. The van der Waals surface area contributed by atoms with E-state index < -0.39 is 0 Å². The highest BCUT2D eigenvalue weighted by Gasteiger charge is 2.00. The van der Waals surface area contributed by atoms with Crippen molar-refractivity contribution in [2.75, 3.05) is 13.7 Å². The molecular formula is C13H19NO. The molecule has 0 radical (unpaired) electrons. The van der Waals surface area contributed by atoms with Gasteiger partial charge in [-0.15, -0.1) is 0 Å². The van der Waals surface area contributed by atoms with Crippen molar-refractivity contribution in [1.29, 1.82) is 0 Å². The van der Waals surface area contributed by atoms with Gasteiger partial charge in [0.1, 0.15) is 5.75 Å². The molecule has 0 unspecified atom stereocenters. The molecule has 0 spiro atoms. The maximum Gasteiger partial charge on any atom is 0.122 e. The van der Waals surface area contributed by atoms with E-state index in [1.165, 1.54) is 11.1 Å². The van der Waals surface area contributed by atoms with Crippen molar-refractivity contribution < 1.29 is 4.74 Å². The van der Waals surface area contributed by atoms with E-state index in [9.17, 15) is 0 Å². The van der Waals surface area contributed by atoms with Crippen molar-refractivity contribution in [2.45, 2.75) is 19.8 Å². The van der Waals surface area contributed by atoms with Gasteiger partial charge in [0, 0.05) is 0 Å². The van der Waals surface area contributed by atoms with Gasteiger partial charge in [-0.25, -0.2) is 0 Å². The lowest BCUT2D eigenvalue weighted by Gasteiger charge is -2.07. The Hall–Kier alpha value is -1.28. The Morgan fingerprint density at radius 3 is 2.80 bits per heavy atom. The molecule has 0 heterocycles. The van der Waals surface area contributed by atoms with E-state index in [1.54, 1.807) is 7.11 Å². The van der Waals surface area contributed by atoms with Gasteiger partial charge in [0.15, 0.2) is 0 Å². The third-order valence-electron chi connectivity index (χ3n) is 2.27. The largest absolute Gasteiger partial charge is 0.496 e. The molecule has 0 aliphatic rings. The van der Waals surface area contributed by atoms with E-state index in [0.29, 0.717) is 6.54 Å². The van der Waals surface area contributed by atoms with Gasteiger partial charge in [-0.2, -0.15) is 0 Å². The minimum Gasteiger partial charge on any atom is -0.496 e. The van der Waals surface area contributed by atoms with E-state index >= 15 is 0 Å². The first-order chi connectivity index (χ1) is 7.27. The fourth-order valence-corrected chi connectivity index (χ4v) is 1.49. The fourth-order valence-electron chi connectivity index (χ4n) is 1.49. The highest BCUT2D eigenvalue weighted by molar-refractivity contribution is 5.38. The van der Waals surface area contributed by atoms with Crippen LogP contribution >= 0.6 is 0 Å².